The molecule has 0 radical (unpaired) electrons. The van der Waals surface area contributed by atoms with Gasteiger partial charge >= 0.3 is 0 Å². The fourth-order valence-electron chi connectivity index (χ4n) is 2.79. The van der Waals surface area contributed by atoms with E-state index in [-0.39, 0.29) is 39.8 Å². The van der Waals surface area contributed by atoms with Gasteiger partial charge in [-0.05, 0) is 23.6 Å². The lowest BCUT2D eigenvalue weighted by Gasteiger charge is -2.30. The summed E-state index contributed by atoms with van der Waals surface area (Å²) in [5, 5.41) is 9.54. The molecule has 0 saturated carbocycles. The van der Waals surface area contributed by atoms with Crippen molar-refractivity contribution >= 4 is 29.1 Å². The minimum Gasteiger partial charge on any atom is -0.472 e. The number of carbonyl (C=O) groups excluding carboxylic acids is 1. The number of carbonyl (C=O) groups is 1. The first kappa shape index (κ1) is 19.3. The molecule has 2 aromatic rings. The minimum absolute atomic E-state index is 0.0119. The van der Waals surface area contributed by atoms with E-state index in [9.17, 15) is 18.8 Å². The normalized spacial score (nSPS) is 13.3. The third kappa shape index (κ3) is 4.10. The molecule has 140 valence electrons. The highest BCUT2D eigenvalue weighted by Gasteiger charge is 2.28. The van der Waals surface area contributed by atoms with Gasteiger partial charge in [0.15, 0.2) is 6.61 Å². The summed E-state index contributed by atoms with van der Waals surface area (Å²) in [5.41, 5.74) is 1.68. The minimum atomic E-state index is -2.64. The van der Waals surface area contributed by atoms with Crippen molar-refractivity contribution in [3.63, 3.8) is 0 Å². The van der Waals surface area contributed by atoms with Gasteiger partial charge in [0.05, 0.1) is 5.56 Å². The van der Waals surface area contributed by atoms with Crippen LogP contribution in [0.3, 0.4) is 0 Å². The predicted molar refractivity (Wildman–Crippen MR) is 93.2 cm³/mol. The molecular weight excluding hydrogens is 401 g/mol. The van der Waals surface area contributed by atoms with E-state index in [1.54, 1.807) is 0 Å². The Hall–Kier alpha value is -2.50. The van der Waals surface area contributed by atoms with E-state index in [1.165, 1.54) is 23.2 Å². The summed E-state index contributed by atoms with van der Waals surface area (Å²) >= 11 is 12.1. The average Bonchev–Trinajstić information content (AvgIpc) is 2.66. The summed E-state index contributed by atoms with van der Waals surface area (Å²) < 4.78 is 29.4. The molecule has 0 aliphatic carbocycles. The molecule has 3 heterocycles. The maximum atomic E-state index is 12.8. The molecule has 0 aromatic carbocycles. The molecule has 27 heavy (non-hydrogen) atoms. The lowest BCUT2D eigenvalue weighted by Crippen LogP contribution is -2.36. The van der Waals surface area contributed by atoms with Gasteiger partial charge in [0.25, 0.3) is 12.3 Å². The monoisotopic (exact) mass is 412 g/mol. The van der Waals surface area contributed by atoms with Gasteiger partial charge in [0, 0.05) is 30.9 Å². The fourth-order valence-corrected chi connectivity index (χ4v) is 3.37. The zero-order chi connectivity index (χ0) is 19.6. The molecule has 1 aliphatic rings. The second-order valence-corrected chi connectivity index (χ2v) is 6.41. The molecule has 0 atom stereocenters. The number of nitrogens with zero attached hydrogens (tertiary/aromatic N) is 4. The number of halogens is 4. The highest BCUT2D eigenvalue weighted by Crippen LogP contribution is 2.31. The number of hydrogen-bond acceptors (Lipinski definition) is 5. The van der Waals surface area contributed by atoms with E-state index in [0.29, 0.717) is 24.1 Å². The van der Waals surface area contributed by atoms with E-state index in [0.717, 1.165) is 0 Å². The average molecular weight is 413 g/mol. The van der Waals surface area contributed by atoms with Crippen LogP contribution in [0.15, 0.2) is 18.3 Å². The zero-order valence-corrected chi connectivity index (χ0v) is 15.3. The number of hydrogen-bond donors (Lipinski definition) is 0. The molecule has 10 heteroatoms. The number of fused-ring (bicyclic) bond motifs is 1. The summed E-state index contributed by atoms with van der Waals surface area (Å²) in [6.45, 7) is -0.318. The highest BCUT2D eigenvalue weighted by molar-refractivity contribution is 6.33. The van der Waals surface area contributed by atoms with Crippen LogP contribution in [0.2, 0.25) is 10.3 Å². The Morgan fingerprint density at radius 1 is 1.37 bits per heavy atom. The molecule has 0 N–H and O–H groups in total. The SMILES string of the molecule is N#Cc1c(Cl)nc(Cl)c2c1CN(C(=O)c1ccnc(OCC(F)F)c1)CC2. The van der Waals surface area contributed by atoms with E-state index in [2.05, 4.69) is 9.97 Å². The van der Waals surface area contributed by atoms with Crippen LogP contribution < -0.4 is 4.74 Å². The summed E-state index contributed by atoms with van der Waals surface area (Å²) in [4.78, 5) is 22.1. The highest BCUT2D eigenvalue weighted by atomic mass is 35.5. The van der Waals surface area contributed by atoms with Crippen LogP contribution in [0.5, 0.6) is 5.88 Å². The first-order chi connectivity index (χ1) is 12.9. The quantitative estimate of drug-likeness (QED) is 0.717. The number of nitriles is 1. The Kier molecular flexibility index (Phi) is 5.73. The van der Waals surface area contributed by atoms with Crippen molar-refractivity contribution in [2.75, 3.05) is 13.2 Å². The molecule has 0 unspecified atom stereocenters. The Morgan fingerprint density at radius 2 is 2.15 bits per heavy atom. The summed E-state index contributed by atoms with van der Waals surface area (Å²) in [7, 11) is 0. The molecule has 0 spiro atoms. The van der Waals surface area contributed by atoms with E-state index in [1.807, 2.05) is 6.07 Å². The molecule has 0 fully saturated rings. The van der Waals surface area contributed by atoms with Crippen LogP contribution in [0.1, 0.15) is 27.0 Å². The van der Waals surface area contributed by atoms with Crippen LogP contribution in [0.4, 0.5) is 8.78 Å². The Bertz CT molecular complexity index is 934. The van der Waals surface area contributed by atoms with Crippen molar-refractivity contribution in [1.82, 2.24) is 14.9 Å². The van der Waals surface area contributed by atoms with Crippen molar-refractivity contribution < 1.29 is 18.3 Å². The fraction of sp³-hybridized carbons (Fsp3) is 0.294. The summed E-state index contributed by atoms with van der Waals surface area (Å²) in [6.07, 6.45) is -0.916. The molecule has 6 nitrogen and oxygen atoms in total. The number of alkyl halides is 2. The van der Waals surface area contributed by atoms with Gasteiger partial charge in [-0.15, -0.1) is 0 Å². The predicted octanol–water partition coefficient (Wildman–Crippen LogP) is 3.50. The molecule has 1 aliphatic heterocycles. The third-order valence-corrected chi connectivity index (χ3v) is 4.62. The molecule has 0 saturated heterocycles. The smallest absolute Gasteiger partial charge is 0.272 e. The van der Waals surface area contributed by atoms with Crippen LogP contribution >= 0.6 is 23.2 Å². The molecule has 1 amide bonds. The summed E-state index contributed by atoms with van der Waals surface area (Å²) in [5.74, 6) is -0.413. The van der Waals surface area contributed by atoms with Gasteiger partial charge in [-0.2, -0.15) is 5.26 Å². The largest absolute Gasteiger partial charge is 0.472 e. The maximum Gasteiger partial charge on any atom is 0.272 e. The number of rotatable bonds is 4. The maximum absolute atomic E-state index is 12.8. The van der Waals surface area contributed by atoms with Crippen molar-refractivity contribution in [1.29, 1.82) is 5.26 Å². The Labute approximate surface area is 163 Å². The van der Waals surface area contributed by atoms with E-state index < -0.39 is 13.0 Å². The number of pyridine rings is 2. The standard InChI is InChI=1S/C17H12Cl2F2N4O2/c18-15-10-2-4-25(7-12(10)11(6-22)16(19)24-15)17(26)9-1-3-23-14(5-9)27-8-13(20)21/h1,3,5,13H,2,4,7-8H2. The Morgan fingerprint density at radius 3 is 2.85 bits per heavy atom. The van der Waals surface area contributed by atoms with Crippen molar-refractivity contribution in [2.24, 2.45) is 0 Å². The number of ether oxygens (including phenoxy) is 1. The Balaban J connectivity index is 1.84. The molecule has 2 aromatic heterocycles. The zero-order valence-electron chi connectivity index (χ0n) is 13.8. The molecular formula is C17H12Cl2F2N4O2. The summed E-state index contributed by atoms with van der Waals surface area (Å²) in [6, 6.07) is 4.76. The van der Waals surface area contributed by atoms with Gasteiger partial charge < -0.3 is 9.64 Å². The van der Waals surface area contributed by atoms with Crippen molar-refractivity contribution in [3.8, 4) is 11.9 Å². The first-order valence-corrected chi connectivity index (χ1v) is 8.59. The van der Waals surface area contributed by atoms with E-state index >= 15 is 0 Å². The van der Waals surface area contributed by atoms with Gasteiger partial charge in [0.1, 0.15) is 16.4 Å². The van der Waals surface area contributed by atoms with Gasteiger partial charge in [-0.3, -0.25) is 4.79 Å². The van der Waals surface area contributed by atoms with Gasteiger partial charge in [0.2, 0.25) is 5.88 Å². The topological polar surface area (TPSA) is 79.1 Å². The number of aromatic nitrogens is 2. The van der Waals surface area contributed by atoms with Gasteiger partial charge in [-0.1, -0.05) is 23.2 Å². The first-order valence-electron chi connectivity index (χ1n) is 7.83. The van der Waals surface area contributed by atoms with Crippen molar-refractivity contribution in [2.45, 2.75) is 19.4 Å². The van der Waals surface area contributed by atoms with Crippen LogP contribution in [0, 0.1) is 11.3 Å². The van der Waals surface area contributed by atoms with Crippen molar-refractivity contribution in [3.05, 3.63) is 50.9 Å². The van der Waals surface area contributed by atoms with Crippen LogP contribution in [-0.4, -0.2) is 40.4 Å². The van der Waals surface area contributed by atoms with Gasteiger partial charge in [-0.25, -0.2) is 18.7 Å². The molecule has 0 bridgehead atoms. The third-order valence-electron chi connectivity index (χ3n) is 4.04. The lowest BCUT2D eigenvalue weighted by molar-refractivity contribution is 0.0730. The van der Waals surface area contributed by atoms with E-state index in [4.69, 9.17) is 27.9 Å². The lowest BCUT2D eigenvalue weighted by atomic mass is 9.97. The second kappa shape index (κ2) is 8.03. The van der Waals surface area contributed by atoms with Crippen LogP contribution in [-0.2, 0) is 13.0 Å². The van der Waals surface area contributed by atoms with Crippen LogP contribution in [0.25, 0.3) is 0 Å². The number of amides is 1. The second-order valence-electron chi connectivity index (χ2n) is 5.70. The molecule has 3 rings (SSSR count).